The molecule has 23 heavy (non-hydrogen) atoms. The average Bonchev–Trinajstić information content (AvgIpc) is 3.19. The average molecular weight is 365 g/mol. The Bertz CT molecular complexity index is 982. The number of rotatable bonds is 3. The van der Waals surface area contributed by atoms with Crippen LogP contribution in [0.15, 0.2) is 24.3 Å². The summed E-state index contributed by atoms with van der Waals surface area (Å²) in [5.41, 5.74) is 2.59. The van der Waals surface area contributed by atoms with E-state index in [-0.39, 0.29) is 0 Å². The van der Waals surface area contributed by atoms with Crippen molar-refractivity contribution in [2.45, 2.75) is 13.3 Å². The van der Waals surface area contributed by atoms with E-state index in [4.69, 9.17) is 23.2 Å². The van der Waals surface area contributed by atoms with E-state index in [0.29, 0.717) is 27.3 Å². The number of aromatic amines is 1. The summed E-state index contributed by atoms with van der Waals surface area (Å²) >= 11 is 13.9. The topological polar surface area (TPSA) is 71.8 Å². The van der Waals surface area contributed by atoms with Gasteiger partial charge in [-0.15, -0.1) is 10.2 Å². The highest BCUT2D eigenvalue weighted by atomic mass is 35.5. The summed E-state index contributed by atoms with van der Waals surface area (Å²) in [6, 6.07) is 7.37. The Hall–Kier alpha value is -1.96. The lowest BCUT2D eigenvalue weighted by atomic mass is 10.1. The van der Waals surface area contributed by atoms with E-state index >= 15 is 0 Å². The van der Waals surface area contributed by atoms with Crippen molar-refractivity contribution in [3.8, 4) is 10.7 Å². The van der Waals surface area contributed by atoms with Crippen LogP contribution in [0.3, 0.4) is 0 Å². The maximum absolute atomic E-state index is 6.23. The van der Waals surface area contributed by atoms with E-state index in [9.17, 15) is 0 Å². The number of fused-ring (bicyclic) bond motifs is 1. The van der Waals surface area contributed by atoms with E-state index in [2.05, 4.69) is 25.5 Å². The smallest absolute Gasteiger partial charge is 0.235 e. The third kappa shape index (κ3) is 2.60. The first kappa shape index (κ1) is 14.6. The Labute approximate surface area is 145 Å². The number of nitrogens with zero attached hydrogens (tertiary/aromatic N) is 5. The molecule has 4 aromatic rings. The molecule has 0 fully saturated rings. The first-order valence-corrected chi connectivity index (χ1v) is 8.35. The Morgan fingerprint density at radius 1 is 1.22 bits per heavy atom. The summed E-state index contributed by atoms with van der Waals surface area (Å²) in [6.45, 7) is 1.95. The summed E-state index contributed by atoms with van der Waals surface area (Å²) in [5.74, 6) is 0.685. The van der Waals surface area contributed by atoms with Crippen molar-refractivity contribution in [1.82, 2.24) is 30.0 Å². The fourth-order valence-corrected chi connectivity index (χ4v) is 3.61. The minimum Gasteiger partial charge on any atom is -0.282 e. The Morgan fingerprint density at radius 2 is 2.00 bits per heavy atom. The predicted molar refractivity (Wildman–Crippen MR) is 90.2 cm³/mol. The monoisotopic (exact) mass is 364 g/mol. The number of H-pyrrole nitrogens is 1. The zero-order valence-electron chi connectivity index (χ0n) is 11.9. The van der Waals surface area contributed by atoms with Gasteiger partial charge in [0.05, 0.1) is 0 Å². The van der Waals surface area contributed by atoms with E-state index in [1.54, 1.807) is 16.6 Å². The zero-order valence-corrected chi connectivity index (χ0v) is 14.2. The molecule has 0 spiro atoms. The molecule has 0 aliphatic carbocycles. The third-order valence-corrected chi connectivity index (χ3v) is 5.01. The van der Waals surface area contributed by atoms with Crippen LogP contribution in [0.25, 0.3) is 15.7 Å². The second-order valence-electron chi connectivity index (χ2n) is 5.03. The molecule has 0 atom stereocenters. The summed E-state index contributed by atoms with van der Waals surface area (Å²) in [4.78, 5) is 0.707. The Kier molecular flexibility index (Phi) is 3.56. The van der Waals surface area contributed by atoms with Crippen LogP contribution in [-0.2, 0) is 6.42 Å². The van der Waals surface area contributed by atoms with E-state index in [0.717, 1.165) is 22.0 Å². The van der Waals surface area contributed by atoms with Gasteiger partial charge in [-0.3, -0.25) is 5.10 Å². The van der Waals surface area contributed by atoms with Crippen LogP contribution in [0, 0.1) is 6.92 Å². The molecule has 0 bridgehead atoms. The Balaban J connectivity index is 1.75. The third-order valence-electron chi connectivity index (χ3n) is 3.38. The highest BCUT2D eigenvalue weighted by Crippen LogP contribution is 2.28. The largest absolute Gasteiger partial charge is 0.282 e. The molecule has 116 valence electrons. The Morgan fingerprint density at radius 3 is 2.70 bits per heavy atom. The number of hydrogen-bond donors (Lipinski definition) is 1. The van der Waals surface area contributed by atoms with Gasteiger partial charge >= 0.3 is 0 Å². The van der Waals surface area contributed by atoms with Crippen molar-refractivity contribution in [2.75, 3.05) is 0 Å². The van der Waals surface area contributed by atoms with Gasteiger partial charge in [-0.25, -0.2) is 0 Å². The molecule has 6 nitrogen and oxygen atoms in total. The van der Waals surface area contributed by atoms with Crippen LogP contribution in [0.5, 0.6) is 0 Å². The summed E-state index contributed by atoms with van der Waals surface area (Å²) in [5, 5.41) is 22.0. The number of aromatic nitrogens is 6. The zero-order chi connectivity index (χ0) is 16.0. The van der Waals surface area contributed by atoms with Crippen LogP contribution in [0.2, 0.25) is 10.0 Å². The van der Waals surface area contributed by atoms with E-state index < -0.39 is 0 Å². The van der Waals surface area contributed by atoms with Crippen molar-refractivity contribution in [3.05, 3.63) is 51.4 Å². The van der Waals surface area contributed by atoms with Gasteiger partial charge in [0.1, 0.15) is 5.69 Å². The highest BCUT2D eigenvalue weighted by molar-refractivity contribution is 7.19. The minimum atomic E-state index is 0.461. The van der Waals surface area contributed by atoms with Gasteiger partial charge < -0.3 is 0 Å². The number of halogens is 2. The van der Waals surface area contributed by atoms with Gasteiger partial charge in [-0.1, -0.05) is 40.6 Å². The molecule has 0 amide bonds. The molecule has 0 saturated heterocycles. The molecule has 0 radical (unpaired) electrons. The van der Waals surface area contributed by atoms with Gasteiger partial charge in [0, 0.05) is 22.2 Å². The normalized spacial score (nSPS) is 11.4. The first-order chi connectivity index (χ1) is 11.1. The van der Waals surface area contributed by atoms with Crippen LogP contribution < -0.4 is 0 Å². The van der Waals surface area contributed by atoms with Gasteiger partial charge in [0.2, 0.25) is 4.96 Å². The quantitative estimate of drug-likeness (QED) is 0.600. The highest BCUT2D eigenvalue weighted by Gasteiger charge is 2.16. The number of aryl methyl sites for hydroxylation is 1. The number of hydrogen-bond acceptors (Lipinski definition) is 5. The number of nitrogens with one attached hydrogen (secondary N) is 1. The lowest BCUT2D eigenvalue weighted by molar-refractivity contribution is 0.853. The fraction of sp³-hybridized carbons (Fsp3) is 0.143. The first-order valence-electron chi connectivity index (χ1n) is 6.78. The maximum atomic E-state index is 6.23. The SMILES string of the molecule is Cc1cc(-c2nn3c(Cc4c(Cl)cccc4Cl)nnc3s2)n[nH]1. The van der Waals surface area contributed by atoms with Gasteiger partial charge in [-0.2, -0.15) is 14.7 Å². The molecule has 9 heteroatoms. The maximum Gasteiger partial charge on any atom is 0.235 e. The second-order valence-corrected chi connectivity index (χ2v) is 6.80. The van der Waals surface area contributed by atoms with Crippen molar-refractivity contribution < 1.29 is 0 Å². The fourth-order valence-electron chi connectivity index (χ4n) is 2.26. The van der Waals surface area contributed by atoms with E-state index in [1.807, 2.05) is 19.1 Å². The van der Waals surface area contributed by atoms with Crippen LogP contribution in [0.1, 0.15) is 17.1 Å². The van der Waals surface area contributed by atoms with Crippen molar-refractivity contribution >= 4 is 39.5 Å². The van der Waals surface area contributed by atoms with Gasteiger partial charge in [0.25, 0.3) is 0 Å². The lowest BCUT2D eigenvalue weighted by Crippen LogP contribution is -1.99. The van der Waals surface area contributed by atoms with Crippen LogP contribution in [-0.4, -0.2) is 30.0 Å². The molecule has 3 aromatic heterocycles. The predicted octanol–water partition coefficient (Wildman–Crippen LogP) is 3.78. The van der Waals surface area contributed by atoms with Crippen LogP contribution >= 0.6 is 34.5 Å². The molecular formula is C14H10Cl2N6S. The number of benzene rings is 1. The lowest BCUT2D eigenvalue weighted by Gasteiger charge is -2.04. The van der Waals surface area contributed by atoms with Crippen molar-refractivity contribution in [3.63, 3.8) is 0 Å². The molecule has 0 unspecified atom stereocenters. The van der Waals surface area contributed by atoms with Crippen molar-refractivity contribution in [2.24, 2.45) is 0 Å². The van der Waals surface area contributed by atoms with Gasteiger partial charge in [-0.05, 0) is 30.7 Å². The van der Waals surface area contributed by atoms with Gasteiger partial charge in [0.15, 0.2) is 10.8 Å². The second kappa shape index (κ2) is 5.59. The summed E-state index contributed by atoms with van der Waals surface area (Å²) in [7, 11) is 0. The molecule has 0 aliphatic heterocycles. The molecule has 1 aromatic carbocycles. The molecule has 0 saturated carbocycles. The summed E-state index contributed by atoms with van der Waals surface area (Å²) < 4.78 is 1.71. The van der Waals surface area contributed by atoms with Crippen molar-refractivity contribution in [1.29, 1.82) is 0 Å². The summed E-state index contributed by atoms with van der Waals surface area (Å²) in [6.07, 6.45) is 0.461. The molecule has 1 N–H and O–H groups in total. The van der Waals surface area contributed by atoms with Crippen LogP contribution in [0.4, 0.5) is 0 Å². The minimum absolute atomic E-state index is 0.461. The standard InChI is InChI=1S/C14H10Cl2N6S/c1-7-5-11(18-17-7)13-21-22-12(19-20-14(22)23-13)6-8-9(15)3-2-4-10(8)16/h2-5H,6H2,1H3,(H,17,18). The molecule has 0 aliphatic rings. The molecular weight excluding hydrogens is 355 g/mol. The molecule has 3 heterocycles. The van der Waals surface area contributed by atoms with E-state index in [1.165, 1.54) is 11.3 Å². The molecule has 4 rings (SSSR count).